The zero-order chi connectivity index (χ0) is 21.2. The lowest BCUT2D eigenvalue weighted by molar-refractivity contribution is -0.152. The summed E-state index contributed by atoms with van der Waals surface area (Å²) >= 11 is 0. The van der Waals surface area contributed by atoms with E-state index in [1.54, 1.807) is 4.90 Å². The van der Waals surface area contributed by atoms with Crippen molar-refractivity contribution < 1.29 is 19.1 Å². The van der Waals surface area contributed by atoms with Crippen LogP contribution in [0.2, 0.25) is 0 Å². The number of rotatable bonds is 2. The van der Waals surface area contributed by atoms with Gasteiger partial charge in [0.2, 0.25) is 0 Å². The molecule has 2 saturated heterocycles. The van der Waals surface area contributed by atoms with Crippen LogP contribution in [-0.4, -0.2) is 74.0 Å². The number of ether oxygens (including phenoxy) is 1. The molecule has 0 aliphatic carbocycles. The third kappa shape index (κ3) is 4.54. The van der Waals surface area contributed by atoms with Crippen molar-refractivity contribution in [2.24, 2.45) is 5.92 Å². The summed E-state index contributed by atoms with van der Waals surface area (Å²) in [5.41, 5.74) is 2.51. The average Bonchev–Trinajstić information content (AvgIpc) is 3.22. The average molecular weight is 402 g/mol. The number of carbonyl (C=O) groups excluding carboxylic acids is 3. The topological polar surface area (TPSA) is 70.2 Å². The highest BCUT2D eigenvalue weighted by molar-refractivity contribution is 6.35. The third-order valence-electron chi connectivity index (χ3n) is 5.81. The predicted molar refractivity (Wildman–Crippen MR) is 111 cm³/mol. The fourth-order valence-electron chi connectivity index (χ4n) is 4.11. The number of nitrogens with zero attached hydrogens (tertiary/aromatic N) is 3. The first-order valence-corrected chi connectivity index (χ1v) is 10.2. The van der Waals surface area contributed by atoms with Crippen LogP contribution in [-0.2, 0) is 24.5 Å². The van der Waals surface area contributed by atoms with Crippen LogP contribution in [0.4, 0.5) is 5.69 Å². The Bertz CT molecular complexity index is 779. The van der Waals surface area contributed by atoms with Crippen LogP contribution >= 0.6 is 0 Å². The van der Waals surface area contributed by atoms with Gasteiger partial charge in [-0.25, -0.2) is 0 Å². The van der Waals surface area contributed by atoms with Gasteiger partial charge in [0.1, 0.15) is 0 Å². The maximum atomic E-state index is 12.7. The van der Waals surface area contributed by atoms with Crippen molar-refractivity contribution in [2.75, 3.05) is 51.3 Å². The highest BCUT2D eigenvalue weighted by Gasteiger charge is 2.36. The van der Waals surface area contributed by atoms with Gasteiger partial charge in [-0.05, 0) is 23.5 Å². The first-order valence-electron chi connectivity index (χ1n) is 10.2. The minimum Gasteiger partial charge on any atom is -0.469 e. The minimum absolute atomic E-state index is 0.0332. The lowest BCUT2D eigenvalue weighted by atomic mass is 9.85. The van der Waals surface area contributed by atoms with Gasteiger partial charge in [0.05, 0.1) is 13.0 Å². The van der Waals surface area contributed by atoms with E-state index in [2.05, 4.69) is 43.9 Å². The monoisotopic (exact) mass is 401 g/mol. The van der Waals surface area contributed by atoms with E-state index < -0.39 is 11.8 Å². The molecule has 0 aromatic heterocycles. The maximum absolute atomic E-state index is 12.7. The largest absolute Gasteiger partial charge is 0.469 e. The van der Waals surface area contributed by atoms with E-state index in [1.165, 1.54) is 23.3 Å². The molecule has 1 unspecified atom stereocenters. The van der Waals surface area contributed by atoms with Gasteiger partial charge in [-0.2, -0.15) is 0 Å². The first-order chi connectivity index (χ1) is 13.7. The van der Waals surface area contributed by atoms with Crippen molar-refractivity contribution in [3.8, 4) is 0 Å². The summed E-state index contributed by atoms with van der Waals surface area (Å²) in [5.74, 6) is -1.64. The van der Waals surface area contributed by atoms with E-state index >= 15 is 0 Å². The molecule has 0 radical (unpaired) electrons. The van der Waals surface area contributed by atoms with Crippen LogP contribution in [0.5, 0.6) is 0 Å². The molecule has 2 aliphatic rings. The summed E-state index contributed by atoms with van der Waals surface area (Å²) in [5, 5.41) is 0. The van der Waals surface area contributed by atoms with Crippen LogP contribution in [0.3, 0.4) is 0 Å². The second-order valence-electron chi connectivity index (χ2n) is 8.81. The molecule has 2 amide bonds. The summed E-state index contributed by atoms with van der Waals surface area (Å²) in [7, 11) is 1.34. The Morgan fingerprint density at radius 2 is 1.55 bits per heavy atom. The molecule has 1 atom stereocenters. The zero-order valence-corrected chi connectivity index (χ0v) is 17.8. The number of amides is 2. The van der Waals surface area contributed by atoms with Crippen LogP contribution in [0.1, 0.15) is 32.8 Å². The Morgan fingerprint density at radius 3 is 2.17 bits per heavy atom. The number of carbonyl (C=O) groups is 3. The van der Waals surface area contributed by atoms with E-state index in [-0.39, 0.29) is 23.8 Å². The van der Waals surface area contributed by atoms with E-state index in [0.29, 0.717) is 39.1 Å². The van der Waals surface area contributed by atoms with Crippen LogP contribution < -0.4 is 4.90 Å². The number of para-hydroxylation sites is 1. The number of esters is 1. The molecule has 0 spiro atoms. The Morgan fingerprint density at radius 1 is 0.931 bits per heavy atom. The molecule has 3 rings (SSSR count). The number of methoxy groups -OCH3 is 1. The second-order valence-corrected chi connectivity index (χ2v) is 8.81. The van der Waals surface area contributed by atoms with Crippen LogP contribution in [0.25, 0.3) is 0 Å². The summed E-state index contributed by atoms with van der Waals surface area (Å²) in [6, 6.07) is 8.37. The normalized spacial score (nSPS) is 20.0. The lowest BCUT2D eigenvalue weighted by Crippen LogP contribution is -2.53. The molecule has 1 aromatic rings. The van der Waals surface area contributed by atoms with Crippen molar-refractivity contribution in [3.05, 3.63) is 29.8 Å². The van der Waals surface area contributed by atoms with E-state index in [9.17, 15) is 14.4 Å². The number of hydrogen-bond acceptors (Lipinski definition) is 5. The van der Waals surface area contributed by atoms with Crippen LogP contribution in [0.15, 0.2) is 24.3 Å². The first kappa shape index (κ1) is 21.1. The molecule has 7 heteroatoms. The molecule has 158 valence electrons. The molecular weight excluding hydrogens is 370 g/mol. The van der Waals surface area contributed by atoms with E-state index in [1.807, 2.05) is 6.07 Å². The number of anilines is 1. The molecule has 7 nitrogen and oxygen atoms in total. The third-order valence-corrected chi connectivity index (χ3v) is 5.81. The molecule has 0 N–H and O–H groups in total. The molecule has 29 heavy (non-hydrogen) atoms. The Kier molecular flexibility index (Phi) is 6.15. The molecule has 2 aliphatic heterocycles. The quantitative estimate of drug-likeness (QED) is 0.557. The fraction of sp³-hybridized carbons (Fsp3) is 0.591. The van der Waals surface area contributed by atoms with Crippen molar-refractivity contribution in [3.63, 3.8) is 0 Å². The van der Waals surface area contributed by atoms with Gasteiger partial charge in [0, 0.05) is 45.0 Å². The van der Waals surface area contributed by atoms with Crippen molar-refractivity contribution in [1.82, 2.24) is 9.80 Å². The number of piperazine rings is 1. The van der Waals surface area contributed by atoms with Gasteiger partial charge in [0.25, 0.3) is 0 Å². The zero-order valence-electron chi connectivity index (χ0n) is 17.8. The highest BCUT2D eigenvalue weighted by atomic mass is 16.5. The Balaban J connectivity index is 1.59. The van der Waals surface area contributed by atoms with Crippen LogP contribution in [0, 0.1) is 5.92 Å². The molecule has 0 saturated carbocycles. The number of likely N-dealkylation sites (tertiary alicyclic amines) is 1. The summed E-state index contributed by atoms with van der Waals surface area (Å²) < 4.78 is 4.75. The summed E-state index contributed by atoms with van der Waals surface area (Å²) in [4.78, 5) is 42.4. The van der Waals surface area contributed by atoms with Crippen molar-refractivity contribution in [1.29, 1.82) is 0 Å². The molecule has 0 bridgehead atoms. The number of benzene rings is 1. The number of hydrogen-bond donors (Lipinski definition) is 0. The smallest absolute Gasteiger partial charge is 0.312 e. The second kappa shape index (κ2) is 8.43. The van der Waals surface area contributed by atoms with Crippen molar-refractivity contribution >= 4 is 23.5 Å². The van der Waals surface area contributed by atoms with E-state index in [4.69, 9.17) is 4.74 Å². The maximum Gasteiger partial charge on any atom is 0.312 e. The molecule has 2 fully saturated rings. The molecule has 2 heterocycles. The van der Waals surface area contributed by atoms with Gasteiger partial charge in [-0.1, -0.05) is 39.0 Å². The lowest BCUT2D eigenvalue weighted by Gasteiger charge is -2.38. The van der Waals surface area contributed by atoms with Gasteiger partial charge in [0.15, 0.2) is 0 Å². The van der Waals surface area contributed by atoms with E-state index in [0.717, 1.165) is 0 Å². The van der Waals surface area contributed by atoms with Gasteiger partial charge in [-0.15, -0.1) is 0 Å². The Hall–Kier alpha value is -2.57. The van der Waals surface area contributed by atoms with Gasteiger partial charge >= 0.3 is 17.8 Å². The predicted octanol–water partition coefficient (Wildman–Crippen LogP) is 1.65. The molecule has 1 aromatic carbocycles. The highest BCUT2D eigenvalue weighted by Crippen LogP contribution is 2.32. The summed E-state index contributed by atoms with van der Waals surface area (Å²) in [6.07, 6.45) is 0.545. The SMILES string of the molecule is COC(=O)C1CCN(C(=O)C(=O)N2CCN(c3ccccc3C(C)(C)C)CC2)C1. The fourth-order valence-corrected chi connectivity index (χ4v) is 4.11. The van der Waals surface area contributed by atoms with Gasteiger partial charge < -0.3 is 19.4 Å². The molecular formula is C22H31N3O4. The summed E-state index contributed by atoms with van der Waals surface area (Å²) in [6.45, 7) is 9.67. The van der Waals surface area contributed by atoms with Crippen molar-refractivity contribution in [2.45, 2.75) is 32.6 Å². The Labute approximate surface area is 172 Å². The van der Waals surface area contributed by atoms with Gasteiger partial charge in [-0.3, -0.25) is 14.4 Å². The standard InChI is InChI=1S/C22H31N3O4/c1-22(2,3)17-7-5-6-8-18(17)23-11-13-24(14-12-23)19(26)20(27)25-10-9-16(15-25)21(28)29-4/h5-8,16H,9-15H2,1-4H3. The minimum atomic E-state index is -0.514.